The normalized spacial score (nSPS) is 18.8. The van der Waals surface area contributed by atoms with Gasteiger partial charge in [-0.1, -0.05) is 56.5 Å². The topological polar surface area (TPSA) is 38.0 Å². The van der Waals surface area contributed by atoms with Crippen LogP contribution in [0.1, 0.15) is 50.5 Å². The van der Waals surface area contributed by atoms with E-state index in [0.717, 1.165) is 25.4 Å². The van der Waals surface area contributed by atoms with Gasteiger partial charge in [0.2, 0.25) is 0 Å². The van der Waals surface area contributed by atoms with Crippen LogP contribution in [0.25, 0.3) is 0 Å². The van der Waals surface area contributed by atoms with Crippen molar-refractivity contribution in [1.82, 2.24) is 5.32 Å². The van der Waals surface area contributed by atoms with Crippen molar-refractivity contribution in [2.24, 2.45) is 11.7 Å². The molecule has 0 spiro atoms. The Kier molecular flexibility index (Phi) is 5.87. The highest BCUT2D eigenvalue weighted by atomic mass is 14.9. The van der Waals surface area contributed by atoms with E-state index >= 15 is 0 Å². The van der Waals surface area contributed by atoms with Crippen LogP contribution < -0.4 is 11.1 Å². The molecule has 1 saturated carbocycles. The summed E-state index contributed by atoms with van der Waals surface area (Å²) in [5.41, 5.74) is 7.32. The van der Waals surface area contributed by atoms with Gasteiger partial charge in [-0.25, -0.2) is 0 Å². The summed E-state index contributed by atoms with van der Waals surface area (Å²) < 4.78 is 0. The number of rotatable bonds is 8. The Morgan fingerprint density at radius 3 is 2.58 bits per heavy atom. The molecule has 1 aromatic carbocycles. The first-order valence-corrected chi connectivity index (χ1v) is 7.78. The second kappa shape index (κ2) is 7.66. The Balaban J connectivity index is 1.71. The maximum Gasteiger partial charge on any atom is 0.0195 e. The monoisotopic (exact) mass is 260 g/mol. The largest absolute Gasteiger partial charge is 0.329 e. The Hall–Kier alpha value is -0.860. The Bertz CT molecular complexity index is 346. The van der Waals surface area contributed by atoms with Crippen LogP contribution in [0.4, 0.5) is 0 Å². The zero-order chi connectivity index (χ0) is 13.5. The van der Waals surface area contributed by atoms with Crippen molar-refractivity contribution in [2.45, 2.75) is 51.0 Å². The van der Waals surface area contributed by atoms with Crippen LogP contribution in [0.2, 0.25) is 0 Å². The van der Waals surface area contributed by atoms with E-state index in [1.54, 1.807) is 0 Å². The van der Waals surface area contributed by atoms with Crippen molar-refractivity contribution in [1.29, 1.82) is 0 Å². The van der Waals surface area contributed by atoms with Crippen LogP contribution in [-0.4, -0.2) is 19.1 Å². The molecule has 106 valence electrons. The van der Waals surface area contributed by atoms with Gasteiger partial charge in [-0.15, -0.1) is 0 Å². The van der Waals surface area contributed by atoms with Gasteiger partial charge >= 0.3 is 0 Å². The molecule has 0 bridgehead atoms. The van der Waals surface area contributed by atoms with Crippen molar-refractivity contribution < 1.29 is 0 Å². The van der Waals surface area contributed by atoms with Gasteiger partial charge in [0.1, 0.15) is 0 Å². The third-order valence-electron chi connectivity index (χ3n) is 4.50. The molecule has 0 heterocycles. The lowest BCUT2D eigenvalue weighted by Crippen LogP contribution is -2.38. The summed E-state index contributed by atoms with van der Waals surface area (Å²) in [6.45, 7) is 4.17. The third kappa shape index (κ3) is 4.63. The number of benzene rings is 1. The van der Waals surface area contributed by atoms with Crippen molar-refractivity contribution in [3.63, 3.8) is 0 Å². The summed E-state index contributed by atoms with van der Waals surface area (Å²) in [6, 6.07) is 11.2. The molecule has 2 unspecified atom stereocenters. The molecule has 1 aromatic rings. The molecule has 2 heteroatoms. The minimum Gasteiger partial charge on any atom is -0.329 e. The lowest BCUT2D eigenvalue weighted by molar-refractivity contribution is 0.285. The fourth-order valence-electron chi connectivity index (χ4n) is 2.88. The molecule has 0 aliphatic heterocycles. The molecule has 0 amide bonds. The second-order valence-corrected chi connectivity index (χ2v) is 6.02. The molecular weight excluding hydrogens is 232 g/mol. The van der Waals surface area contributed by atoms with Crippen molar-refractivity contribution in [3.8, 4) is 0 Å². The first-order chi connectivity index (χ1) is 9.29. The molecule has 0 aromatic heterocycles. The van der Waals surface area contributed by atoms with Gasteiger partial charge in [0.15, 0.2) is 0 Å². The predicted molar refractivity (Wildman–Crippen MR) is 82.3 cm³/mol. The molecule has 2 atom stereocenters. The fraction of sp³-hybridized carbons (Fsp3) is 0.647. The first-order valence-electron chi connectivity index (χ1n) is 7.78. The zero-order valence-corrected chi connectivity index (χ0v) is 12.1. The third-order valence-corrected chi connectivity index (χ3v) is 4.50. The van der Waals surface area contributed by atoms with Crippen LogP contribution in [0.15, 0.2) is 30.3 Å². The minimum absolute atomic E-state index is 0.454. The Labute approximate surface area is 117 Å². The summed E-state index contributed by atoms with van der Waals surface area (Å²) in [7, 11) is 0. The van der Waals surface area contributed by atoms with Crippen molar-refractivity contribution in [3.05, 3.63) is 35.9 Å². The number of hydrogen-bond donors (Lipinski definition) is 2. The second-order valence-electron chi connectivity index (χ2n) is 6.02. The highest BCUT2D eigenvalue weighted by molar-refractivity contribution is 5.18. The van der Waals surface area contributed by atoms with E-state index in [0.29, 0.717) is 12.0 Å². The van der Waals surface area contributed by atoms with E-state index in [1.807, 2.05) is 0 Å². The lowest BCUT2D eigenvalue weighted by Gasteiger charge is -2.27. The first kappa shape index (κ1) is 14.5. The Morgan fingerprint density at radius 2 is 2.00 bits per heavy atom. The van der Waals surface area contributed by atoms with Crippen LogP contribution in [-0.2, 0) is 0 Å². The Morgan fingerprint density at radius 1 is 1.26 bits per heavy atom. The van der Waals surface area contributed by atoms with Gasteiger partial charge in [0.05, 0.1) is 0 Å². The van der Waals surface area contributed by atoms with Crippen LogP contribution in [0, 0.1) is 5.92 Å². The van der Waals surface area contributed by atoms with Crippen molar-refractivity contribution >= 4 is 0 Å². The fourth-order valence-corrected chi connectivity index (χ4v) is 2.88. The van der Waals surface area contributed by atoms with E-state index < -0.39 is 0 Å². The summed E-state index contributed by atoms with van der Waals surface area (Å²) >= 11 is 0. The molecule has 2 nitrogen and oxygen atoms in total. The molecule has 1 aliphatic rings. The van der Waals surface area contributed by atoms with E-state index in [9.17, 15) is 0 Å². The minimum atomic E-state index is 0.454. The van der Waals surface area contributed by atoms with Gasteiger partial charge in [0, 0.05) is 12.6 Å². The maximum absolute atomic E-state index is 5.90. The molecule has 1 fully saturated rings. The van der Waals surface area contributed by atoms with Crippen LogP contribution >= 0.6 is 0 Å². The standard InChI is InChI=1S/C17H28N2/c1-14(16-8-3-2-4-9-16)12-17(13-18)19-11-10-15-6-5-7-15/h2-4,8-9,14-15,17,19H,5-7,10-13,18H2,1H3. The van der Waals surface area contributed by atoms with Crippen LogP contribution in [0.3, 0.4) is 0 Å². The smallest absolute Gasteiger partial charge is 0.0195 e. The zero-order valence-electron chi connectivity index (χ0n) is 12.1. The number of nitrogens with two attached hydrogens (primary N) is 1. The number of nitrogens with one attached hydrogen (secondary N) is 1. The average Bonchev–Trinajstić information content (AvgIpc) is 2.41. The molecule has 0 saturated heterocycles. The van der Waals surface area contributed by atoms with Crippen LogP contribution in [0.5, 0.6) is 0 Å². The molecule has 19 heavy (non-hydrogen) atoms. The van der Waals surface area contributed by atoms with Gasteiger partial charge in [0.25, 0.3) is 0 Å². The molecular formula is C17H28N2. The lowest BCUT2D eigenvalue weighted by atomic mass is 9.83. The molecule has 0 radical (unpaired) electrons. The summed E-state index contributed by atoms with van der Waals surface area (Å²) in [4.78, 5) is 0. The highest BCUT2D eigenvalue weighted by Crippen LogP contribution is 2.28. The predicted octanol–water partition coefficient (Wildman–Crippen LogP) is 3.29. The van der Waals surface area contributed by atoms with E-state index in [4.69, 9.17) is 5.73 Å². The maximum atomic E-state index is 5.90. The molecule has 1 aliphatic carbocycles. The van der Waals surface area contributed by atoms with E-state index in [2.05, 4.69) is 42.6 Å². The highest BCUT2D eigenvalue weighted by Gasteiger charge is 2.18. The van der Waals surface area contributed by atoms with E-state index in [1.165, 1.54) is 31.2 Å². The van der Waals surface area contributed by atoms with Gasteiger partial charge in [-0.05, 0) is 36.8 Å². The van der Waals surface area contributed by atoms with Crippen molar-refractivity contribution in [2.75, 3.05) is 13.1 Å². The van der Waals surface area contributed by atoms with Gasteiger partial charge in [-0.2, -0.15) is 0 Å². The summed E-state index contributed by atoms with van der Waals surface area (Å²) in [5, 5.41) is 3.64. The number of hydrogen-bond acceptors (Lipinski definition) is 2. The average molecular weight is 260 g/mol. The summed E-state index contributed by atoms with van der Waals surface area (Å²) in [5.74, 6) is 1.56. The summed E-state index contributed by atoms with van der Waals surface area (Å²) in [6.07, 6.45) is 6.78. The van der Waals surface area contributed by atoms with E-state index in [-0.39, 0.29) is 0 Å². The molecule has 3 N–H and O–H groups in total. The van der Waals surface area contributed by atoms with Gasteiger partial charge < -0.3 is 11.1 Å². The molecule has 2 rings (SSSR count). The van der Waals surface area contributed by atoms with Gasteiger partial charge in [-0.3, -0.25) is 0 Å². The SMILES string of the molecule is CC(CC(CN)NCCC1CCC1)c1ccccc1. The quantitative estimate of drug-likeness (QED) is 0.752.